The zero-order chi connectivity index (χ0) is 13.5. The molecule has 1 aromatic carbocycles. The predicted molar refractivity (Wildman–Crippen MR) is 79.6 cm³/mol. The molecule has 0 N–H and O–H groups in total. The van der Waals surface area contributed by atoms with E-state index >= 15 is 0 Å². The third-order valence-electron chi connectivity index (χ3n) is 5.31. The van der Waals surface area contributed by atoms with Crippen molar-refractivity contribution in [3.63, 3.8) is 0 Å². The van der Waals surface area contributed by atoms with E-state index < -0.39 is 0 Å². The van der Waals surface area contributed by atoms with E-state index in [1.807, 2.05) is 0 Å². The summed E-state index contributed by atoms with van der Waals surface area (Å²) in [5.74, 6) is 1.58. The molecule has 2 atom stereocenters. The van der Waals surface area contributed by atoms with Gasteiger partial charge in [0.05, 0.1) is 7.11 Å². The molecule has 0 amide bonds. The van der Waals surface area contributed by atoms with Crippen LogP contribution in [0.1, 0.15) is 57.4 Å². The number of ether oxygens (including phenoxy) is 1. The quantitative estimate of drug-likeness (QED) is 0.670. The van der Waals surface area contributed by atoms with Crippen LogP contribution in [0.2, 0.25) is 0 Å². The Labute approximate surface area is 116 Å². The molecule has 102 valence electrons. The first kappa shape index (κ1) is 12.8. The Kier molecular flexibility index (Phi) is 3.16. The topological polar surface area (TPSA) is 9.23 Å². The van der Waals surface area contributed by atoms with Gasteiger partial charge in [0, 0.05) is 5.92 Å². The normalized spacial score (nSPS) is 30.4. The summed E-state index contributed by atoms with van der Waals surface area (Å²) >= 11 is 0. The summed E-state index contributed by atoms with van der Waals surface area (Å²) < 4.78 is 5.26. The molecule has 1 heteroatoms. The predicted octanol–water partition coefficient (Wildman–Crippen LogP) is 5.08. The highest BCUT2D eigenvalue weighted by Crippen LogP contribution is 2.56. The van der Waals surface area contributed by atoms with Crippen molar-refractivity contribution in [2.75, 3.05) is 7.11 Å². The van der Waals surface area contributed by atoms with Crippen molar-refractivity contribution in [3.05, 3.63) is 41.0 Å². The maximum Gasteiger partial charge on any atom is 0.118 e. The maximum atomic E-state index is 5.26. The van der Waals surface area contributed by atoms with Gasteiger partial charge in [-0.2, -0.15) is 0 Å². The number of rotatable bonds is 2. The van der Waals surface area contributed by atoms with Gasteiger partial charge < -0.3 is 4.74 Å². The molecule has 0 spiro atoms. The summed E-state index contributed by atoms with van der Waals surface area (Å²) in [6.45, 7) is 4.84. The summed E-state index contributed by atoms with van der Waals surface area (Å²) in [4.78, 5) is 0. The summed E-state index contributed by atoms with van der Waals surface area (Å²) in [7, 11) is 1.73. The van der Waals surface area contributed by atoms with Gasteiger partial charge in [0.25, 0.3) is 0 Å². The molecule has 0 aliphatic heterocycles. The standard InChI is InChI=1S/C18H24O/c1-13-16(14-7-9-15(19-3)10-8-14)12-18(2)11-5-4-6-17(13)18/h7-10,16H,4-6,11-12H2,1-3H3/t16-,18-/m1/s1. The number of benzene rings is 1. The van der Waals surface area contributed by atoms with E-state index in [4.69, 9.17) is 4.74 Å². The number of hydrogen-bond donors (Lipinski definition) is 0. The molecular formula is C18H24O. The van der Waals surface area contributed by atoms with Crippen molar-refractivity contribution in [2.45, 2.75) is 51.9 Å². The minimum absolute atomic E-state index is 0.479. The lowest BCUT2D eigenvalue weighted by atomic mass is 9.72. The van der Waals surface area contributed by atoms with Crippen LogP contribution in [-0.2, 0) is 0 Å². The molecule has 0 saturated heterocycles. The van der Waals surface area contributed by atoms with Crippen LogP contribution >= 0.6 is 0 Å². The second kappa shape index (κ2) is 4.70. The van der Waals surface area contributed by atoms with Crippen LogP contribution in [0.5, 0.6) is 5.75 Å². The third kappa shape index (κ3) is 2.09. The van der Waals surface area contributed by atoms with E-state index in [0.717, 1.165) is 5.75 Å². The fourth-order valence-corrected chi connectivity index (χ4v) is 4.19. The Bertz CT molecular complexity index is 497. The lowest BCUT2D eigenvalue weighted by molar-refractivity contribution is 0.297. The number of fused-ring (bicyclic) bond motifs is 1. The molecule has 2 aliphatic rings. The Balaban J connectivity index is 1.92. The summed E-state index contributed by atoms with van der Waals surface area (Å²) in [6, 6.07) is 8.68. The first-order valence-electron chi connectivity index (χ1n) is 7.48. The lowest BCUT2D eigenvalue weighted by Gasteiger charge is -2.33. The van der Waals surface area contributed by atoms with E-state index in [2.05, 4.69) is 38.1 Å². The monoisotopic (exact) mass is 256 g/mol. The van der Waals surface area contributed by atoms with E-state index in [1.165, 1.54) is 37.7 Å². The highest BCUT2D eigenvalue weighted by molar-refractivity contribution is 5.41. The van der Waals surface area contributed by atoms with Gasteiger partial charge in [0.2, 0.25) is 0 Å². The smallest absolute Gasteiger partial charge is 0.118 e. The van der Waals surface area contributed by atoms with Gasteiger partial charge >= 0.3 is 0 Å². The molecule has 2 aliphatic carbocycles. The van der Waals surface area contributed by atoms with Crippen LogP contribution in [0.3, 0.4) is 0 Å². The molecule has 0 unspecified atom stereocenters. The van der Waals surface area contributed by atoms with E-state index in [-0.39, 0.29) is 0 Å². The largest absolute Gasteiger partial charge is 0.497 e. The molecule has 1 saturated carbocycles. The number of allylic oxidation sites excluding steroid dienone is 2. The van der Waals surface area contributed by atoms with Crippen LogP contribution in [0.15, 0.2) is 35.4 Å². The SMILES string of the molecule is COc1ccc([C@@H]2C[C@@]3(C)CCCCC3=C2C)cc1. The third-order valence-corrected chi connectivity index (χ3v) is 5.31. The Morgan fingerprint density at radius 3 is 2.53 bits per heavy atom. The van der Waals surface area contributed by atoms with Gasteiger partial charge in [-0.1, -0.05) is 36.6 Å². The average Bonchev–Trinajstić information content (AvgIpc) is 2.71. The first-order valence-corrected chi connectivity index (χ1v) is 7.48. The van der Waals surface area contributed by atoms with Gasteiger partial charge in [0.15, 0.2) is 0 Å². The highest BCUT2D eigenvalue weighted by Gasteiger charge is 2.41. The van der Waals surface area contributed by atoms with Gasteiger partial charge in [-0.15, -0.1) is 0 Å². The van der Waals surface area contributed by atoms with Gasteiger partial charge in [-0.25, -0.2) is 0 Å². The van der Waals surface area contributed by atoms with Crippen LogP contribution < -0.4 is 4.74 Å². The Hall–Kier alpha value is -1.24. The second-order valence-electron chi connectivity index (χ2n) is 6.46. The zero-order valence-corrected chi connectivity index (χ0v) is 12.3. The average molecular weight is 256 g/mol. The molecule has 1 nitrogen and oxygen atoms in total. The van der Waals surface area contributed by atoms with E-state index in [1.54, 1.807) is 18.3 Å². The molecule has 19 heavy (non-hydrogen) atoms. The minimum Gasteiger partial charge on any atom is -0.497 e. The van der Waals surface area contributed by atoms with Crippen molar-refractivity contribution < 1.29 is 4.74 Å². The summed E-state index contributed by atoms with van der Waals surface area (Å²) in [5.41, 5.74) is 5.35. The van der Waals surface area contributed by atoms with E-state index in [0.29, 0.717) is 11.3 Å². The Morgan fingerprint density at radius 2 is 1.89 bits per heavy atom. The van der Waals surface area contributed by atoms with Crippen molar-refractivity contribution in [1.29, 1.82) is 0 Å². The highest BCUT2D eigenvalue weighted by atomic mass is 16.5. The van der Waals surface area contributed by atoms with Crippen molar-refractivity contribution in [2.24, 2.45) is 5.41 Å². The van der Waals surface area contributed by atoms with Crippen LogP contribution in [0, 0.1) is 5.41 Å². The number of methoxy groups -OCH3 is 1. The molecule has 0 radical (unpaired) electrons. The lowest BCUT2D eigenvalue weighted by Crippen LogP contribution is -2.20. The van der Waals surface area contributed by atoms with Crippen molar-refractivity contribution in [3.8, 4) is 5.75 Å². The maximum absolute atomic E-state index is 5.26. The minimum atomic E-state index is 0.479. The fraction of sp³-hybridized carbons (Fsp3) is 0.556. The van der Waals surface area contributed by atoms with Gasteiger partial charge in [0.1, 0.15) is 5.75 Å². The van der Waals surface area contributed by atoms with Crippen LogP contribution in [0.25, 0.3) is 0 Å². The molecule has 0 bridgehead atoms. The Morgan fingerprint density at radius 1 is 1.16 bits per heavy atom. The van der Waals surface area contributed by atoms with Crippen LogP contribution in [-0.4, -0.2) is 7.11 Å². The zero-order valence-electron chi connectivity index (χ0n) is 12.3. The summed E-state index contributed by atoms with van der Waals surface area (Å²) in [6.07, 6.45) is 6.81. The number of hydrogen-bond acceptors (Lipinski definition) is 1. The molecule has 3 rings (SSSR count). The molecular weight excluding hydrogens is 232 g/mol. The van der Waals surface area contributed by atoms with E-state index in [9.17, 15) is 0 Å². The molecule has 1 aromatic rings. The first-order chi connectivity index (χ1) is 9.14. The molecule has 1 fully saturated rings. The molecule has 0 aromatic heterocycles. The van der Waals surface area contributed by atoms with Crippen LogP contribution in [0.4, 0.5) is 0 Å². The van der Waals surface area contributed by atoms with Crippen molar-refractivity contribution >= 4 is 0 Å². The fourth-order valence-electron chi connectivity index (χ4n) is 4.19. The molecule has 0 heterocycles. The van der Waals surface area contributed by atoms with Gasteiger partial charge in [-0.05, 0) is 55.7 Å². The summed E-state index contributed by atoms with van der Waals surface area (Å²) in [5, 5.41) is 0. The van der Waals surface area contributed by atoms with Crippen molar-refractivity contribution in [1.82, 2.24) is 0 Å². The van der Waals surface area contributed by atoms with Gasteiger partial charge in [-0.3, -0.25) is 0 Å². The second-order valence-corrected chi connectivity index (χ2v) is 6.46.